The largest absolute Gasteiger partial charge is 0.349 e. The molecule has 0 fully saturated rings. The van der Waals surface area contributed by atoms with Crippen molar-refractivity contribution in [1.82, 2.24) is 24.2 Å². The molecule has 1 amide bonds. The highest BCUT2D eigenvalue weighted by molar-refractivity contribution is 7.88. The lowest BCUT2D eigenvalue weighted by Crippen LogP contribution is -2.35. The van der Waals surface area contributed by atoms with Crippen molar-refractivity contribution in [2.24, 2.45) is 5.92 Å². The zero-order chi connectivity index (χ0) is 18.7. The maximum atomic E-state index is 12.9. The minimum Gasteiger partial charge on any atom is -0.349 e. The summed E-state index contributed by atoms with van der Waals surface area (Å²) in [6, 6.07) is 3.96. The lowest BCUT2D eigenvalue weighted by Gasteiger charge is -2.24. The van der Waals surface area contributed by atoms with Crippen LogP contribution in [0.2, 0.25) is 0 Å². The van der Waals surface area contributed by atoms with Crippen molar-refractivity contribution in [2.45, 2.75) is 26.4 Å². The summed E-state index contributed by atoms with van der Waals surface area (Å²) in [7, 11) is -3.22. The summed E-state index contributed by atoms with van der Waals surface area (Å²) in [5.74, 6) is -0.0199. The standard InChI is InChI=1S/C17H23N5O3S/c1-13-8-19-16(9-18-13)17(23)22-11-14(5-6-20-26(2,24)25)10-21-7-3-4-15(21)12-22/h3-4,7-9,14,20H,5-6,10-12H2,1-2H3/t14-/m1/s1. The van der Waals surface area contributed by atoms with Gasteiger partial charge >= 0.3 is 0 Å². The zero-order valence-corrected chi connectivity index (χ0v) is 15.7. The Morgan fingerprint density at radius 1 is 1.31 bits per heavy atom. The zero-order valence-electron chi connectivity index (χ0n) is 14.9. The summed E-state index contributed by atoms with van der Waals surface area (Å²) < 4.78 is 27.2. The fourth-order valence-corrected chi connectivity index (χ4v) is 3.62. The Morgan fingerprint density at radius 3 is 2.81 bits per heavy atom. The molecule has 0 saturated carbocycles. The second kappa shape index (κ2) is 7.55. The molecule has 1 aliphatic heterocycles. The molecule has 0 unspecified atom stereocenters. The van der Waals surface area contributed by atoms with Crippen LogP contribution in [0.3, 0.4) is 0 Å². The van der Waals surface area contributed by atoms with Gasteiger partial charge in [0, 0.05) is 37.7 Å². The maximum absolute atomic E-state index is 12.9. The molecule has 3 rings (SSSR count). The number of hydrogen-bond acceptors (Lipinski definition) is 5. The van der Waals surface area contributed by atoms with Gasteiger partial charge in [0.2, 0.25) is 10.0 Å². The van der Waals surface area contributed by atoms with Gasteiger partial charge in [0.15, 0.2) is 0 Å². The Hall–Kier alpha value is -2.26. The van der Waals surface area contributed by atoms with Crippen LogP contribution in [0.1, 0.15) is 28.3 Å². The van der Waals surface area contributed by atoms with Gasteiger partial charge in [-0.1, -0.05) is 0 Å². The first-order valence-electron chi connectivity index (χ1n) is 8.48. The van der Waals surface area contributed by atoms with Crippen LogP contribution >= 0.6 is 0 Å². The van der Waals surface area contributed by atoms with Crippen LogP contribution in [0.25, 0.3) is 0 Å². The van der Waals surface area contributed by atoms with E-state index in [2.05, 4.69) is 19.3 Å². The normalized spacial score (nSPS) is 17.6. The van der Waals surface area contributed by atoms with Gasteiger partial charge in [0.05, 0.1) is 24.7 Å². The first-order chi connectivity index (χ1) is 12.3. The predicted molar refractivity (Wildman–Crippen MR) is 96.9 cm³/mol. The Labute approximate surface area is 153 Å². The molecule has 0 radical (unpaired) electrons. The number of nitrogens with zero attached hydrogens (tertiary/aromatic N) is 4. The average molecular weight is 377 g/mol. The summed E-state index contributed by atoms with van der Waals surface area (Å²) in [5.41, 5.74) is 2.14. The number of aromatic nitrogens is 3. The van der Waals surface area contributed by atoms with Gasteiger partial charge < -0.3 is 9.47 Å². The Kier molecular flexibility index (Phi) is 5.38. The van der Waals surface area contributed by atoms with E-state index >= 15 is 0 Å². The van der Waals surface area contributed by atoms with E-state index in [0.29, 0.717) is 31.7 Å². The summed E-state index contributed by atoms with van der Waals surface area (Å²) in [6.45, 7) is 3.97. The molecule has 9 heteroatoms. The van der Waals surface area contributed by atoms with Crippen LogP contribution in [-0.2, 0) is 23.1 Å². The minimum absolute atomic E-state index is 0.139. The molecule has 0 bridgehead atoms. The molecule has 0 aromatic carbocycles. The first-order valence-corrected chi connectivity index (χ1v) is 10.4. The summed E-state index contributed by atoms with van der Waals surface area (Å²) >= 11 is 0. The van der Waals surface area contributed by atoms with Crippen molar-refractivity contribution in [3.05, 3.63) is 47.8 Å². The number of fused-ring (bicyclic) bond motifs is 1. The monoisotopic (exact) mass is 377 g/mol. The number of carbonyl (C=O) groups excluding carboxylic acids is 1. The van der Waals surface area contributed by atoms with Crippen LogP contribution < -0.4 is 4.72 Å². The van der Waals surface area contributed by atoms with Crippen molar-refractivity contribution in [3.63, 3.8) is 0 Å². The van der Waals surface area contributed by atoms with Crippen molar-refractivity contribution in [1.29, 1.82) is 0 Å². The van der Waals surface area contributed by atoms with Crippen LogP contribution in [0.5, 0.6) is 0 Å². The van der Waals surface area contributed by atoms with E-state index in [-0.39, 0.29) is 11.8 Å². The fraction of sp³-hybridized carbons (Fsp3) is 0.471. The summed E-state index contributed by atoms with van der Waals surface area (Å²) in [4.78, 5) is 23.0. The van der Waals surface area contributed by atoms with Gasteiger partial charge in [-0.2, -0.15) is 0 Å². The van der Waals surface area contributed by atoms with Crippen LogP contribution in [-0.4, -0.2) is 53.1 Å². The fourth-order valence-electron chi connectivity index (χ4n) is 3.13. The first kappa shape index (κ1) is 18.5. The van der Waals surface area contributed by atoms with E-state index < -0.39 is 10.0 Å². The number of sulfonamides is 1. The highest BCUT2D eigenvalue weighted by Crippen LogP contribution is 2.20. The third-order valence-corrected chi connectivity index (χ3v) is 5.14. The molecular weight excluding hydrogens is 354 g/mol. The molecule has 0 spiro atoms. The summed E-state index contributed by atoms with van der Waals surface area (Å²) in [6.07, 6.45) is 6.87. The average Bonchev–Trinajstić information content (AvgIpc) is 2.92. The van der Waals surface area contributed by atoms with Gasteiger partial charge in [0.25, 0.3) is 5.91 Å². The van der Waals surface area contributed by atoms with Gasteiger partial charge in [-0.15, -0.1) is 0 Å². The second-order valence-electron chi connectivity index (χ2n) is 6.70. The third-order valence-electron chi connectivity index (χ3n) is 4.41. The van der Waals surface area contributed by atoms with Crippen molar-refractivity contribution >= 4 is 15.9 Å². The van der Waals surface area contributed by atoms with E-state index in [1.165, 1.54) is 6.20 Å². The van der Waals surface area contributed by atoms with Crippen LogP contribution in [0.15, 0.2) is 30.7 Å². The highest BCUT2D eigenvalue weighted by Gasteiger charge is 2.26. The Bertz CT molecular complexity index is 876. The lowest BCUT2D eigenvalue weighted by atomic mass is 10.1. The van der Waals surface area contributed by atoms with Gasteiger partial charge in [-0.3, -0.25) is 9.78 Å². The molecule has 0 saturated heterocycles. The van der Waals surface area contributed by atoms with Crippen molar-refractivity contribution in [3.8, 4) is 0 Å². The molecule has 1 N–H and O–H groups in total. The predicted octanol–water partition coefficient (Wildman–Crippen LogP) is 0.798. The van der Waals surface area contributed by atoms with Crippen molar-refractivity contribution < 1.29 is 13.2 Å². The number of rotatable bonds is 5. The van der Waals surface area contributed by atoms with Crippen LogP contribution in [0, 0.1) is 12.8 Å². The quantitative estimate of drug-likeness (QED) is 0.831. The molecule has 8 nitrogen and oxygen atoms in total. The smallest absolute Gasteiger partial charge is 0.274 e. The SMILES string of the molecule is Cc1cnc(C(=O)N2Cc3cccn3C[C@@H](CCNS(C)(=O)=O)C2)cn1. The molecule has 1 atom stereocenters. The molecule has 0 aliphatic carbocycles. The maximum Gasteiger partial charge on any atom is 0.274 e. The van der Waals surface area contributed by atoms with E-state index in [1.807, 2.05) is 25.3 Å². The molecule has 2 aromatic heterocycles. The van der Waals surface area contributed by atoms with E-state index in [1.54, 1.807) is 11.1 Å². The second-order valence-corrected chi connectivity index (χ2v) is 8.53. The topological polar surface area (TPSA) is 97.2 Å². The summed E-state index contributed by atoms with van der Waals surface area (Å²) in [5, 5.41) is 0. The van der Waals surface area contributed by atoms with E-state index in [0.717, 1.165) is 24.2 Å². The third kappa shape index (κ3) is 4.67. The lowest BCUT2D eigenvalue weighted by molar-refractivity contribution is 0.0712. The molecule has 26 heavy (non-hydrogen) atoms. The molecule has 1 aliphatic rings. The number of nitrogens with one attached hydrogen (secondary N) is 1. The molecule has 3 heterocycles. The molecular formula is C17H23N5O3S. The van der Waals surface area contributed by atoms with E-state index in [9.17, 15) is 13.2 Å². The highest BCUT2D eigenvalue weighted by atomic mass is 32.2. The molecule has 140 valence electrons. The number of amides is 1. The Balaban J connectivity index is 1.76. The van der Waals surface area contributed by atoms with Gasteiger partial charge in [-0.05, 0) is 31.4 Å². The van der Waals surface area contributed by atoms with Gasteiger partial charge in [-0.25, -0.2) is 18.1 Å². The minimum atomic E-state index is -3.22. The van der Waals surface area contributed by atoms with Gasteiger partial charge in [0.1, 0.15) is 5.69 Å². The van der Waals surface area contributed by atoms with Crippen molar-refractivity contribution in [2.75, 3.05) is 19.3 Å². The Morgan fingerprint density at radius 2 is 2.12 bits per heavy atom. The number of carbonyl (C=O) groups is 1. The molecule has 2 aromatic rings. The van der Waals surface area contributed by atoms with E-state index in [4.69, 9.17) is 0 Å². The number of aryl methyl sites for hydroxylation is 1. The van der Waals surface area contributed by atoms with Crippen LogP contribution in [0.4, 0.5) is 0 Å². The number of hydrogen-bond donors (Lipinski definition) is 1.